The van der Waals surface area contributed by atoms with E-state index in [2.05, 4.69) is 9.47 Å². The number of terminal acetylenes is 1. The molecule has 0 saturated heterocycles. The molecule has 2 rings (SSSR count). The number of benzene rings is 2. The lowest BCUT2D eigenvalue weighted by Crippen LogP contribution is -2.32. The molecule has 4 nitrogen and oxygen atoms in total. The molecule has 0 bridgehead atoms. The van der Waals surface area contributed by atoms with Gasteiger partial charge in [0.15, 0.2) is 5.92 Å². The molecule has 0 amide bonds. The molecule has 0 atom stereocenters. The van der Waals surface area contributed by atoms with Crippen molar-refractivity contribution >= 4 is 11.9 Å². The molecule has 0 spiro atoms. The number of carbonyl (C=O) groups is 2. The van der Waals surface area contributed by atoms with Crippen LogP contribution in [0.5, 0.6) is 11.5 Å². The van der Waals surface area contributed by atoms with Crippen LogP contribution in [0.25, 0.3) is 0 Å². The summed E-state index contributed by atoms with van der Waals surface area (Å²) in [6.07, 6.45) is 3.74. The largest absolute Gasteiger partial charge is 0.419 e. The van der Waals surface area contributed by atoms with Crippen LogP contribution in [-0.4, -0.2) is 11.9 Å². The highest BCUT2D eigenvalue weighted by Gasteiger charge is 2.36. The summed E-state index contributed by atoms with van der Waals surface area (Å²) in [6.45, 7) is 0. The monoisotopic (exact) mass is 474 g/mol. The van der Waals surface area contributed by atoms with Crippen molar-refractivity contribution in [2.24, 2.45) is 5.92 Å². The Morgan fingerprint density at radius 1 is 0.594 bits per heavy atom. The van der Waals surface area contributed by atoms with Crippen molar-refractivity contribution in [1.82, 2.24) is 0 Å². The lowest BCUT2D eigenvalue weighted by atomic mass is 10.1. The van der Waals surface area contributed by atoms with E-state index in [1.807, 2.05) is 0 Å². The minimum absolute atomic E-state index is 1.11. The SMILES string of the molecule is C#CCC(C(=O)Oc1c(F)c(F)c(F)c(F)c1F)C(=O)Oc1c(F)c(F)c(F)c(F)c1F. The highest BCUT2D eigenvalue weighted by atomic mass is 19.2. The van der Waals surface area contributed by atoms with E-state index in [-0.39, 0.29) is 0 Å². The van der Waals surface area contributed by atoms with Crippen molar-refractivity contribution in [3.8, 4) is 23.8 Å². The normalized spacial score (nSPS) is 10.8. The zero-order valence-corrected chi connectivity index (χ0v) is 14.8. The van der Waals surface area contributed by atoms with Gasteiger partial charge in [0, 0.05) is 6.42 Å². The summed E-state index contributed by atoms with van der Waals surface area (Å²) in [7, 11) is 0. The Morgan fingerprint density at radius 2 is 0.844 bits per heavy atom. The van der Waals surface area contributed by atoms with E-state index in [9.17, 15) is 53.5 Å². The van der Waals surface area contributed by atoms with Gasteiger partial charge < -0.3 is 9.47 Å². The van der Waals surface area contributed by atoms with E-state index in [4.69, 9.17) is 6.42 Å². The van der Waals surface area contributed by atoms with Gasteiger partial charge in [0.05, 0.1) is 0 Å². The van der Waals surface area contributed by atoms with Gasteiger partial charge in [0.1, 0.15) is 0 Å². The second-order valence-electron chi connectivity index (χ2n) is 5.60. The van der Waals surface area contributed by atoms with Crippen molar-refractivity contribution in [2.45, 2.75) is 6.42 Å². The standard InChI is InChI=1S/C18H4F10O4/c1-2-3-4(17(29)31-15-11(25)7(21)5(19)8(22)12(15)26)18(30)32-16-13(27)9(23)6(20)10(24)14(16)28/h1,4H,3H2. The Labute approximate surface area is 170 Å². The third-order valence-corrected chi connectivity index (χ3v) is 3.64. The number of esters is 2. The summed E-state index contributed by atoms with van der Waals surface area (Å²) in [4.78, 5) is 24.0. The highest BCUT2D eigenvalue weighted by molar-refractivity contribution is 5.97. The zero-order chi connectivity index (χ0) is 24.5. The fourth-order valence-electron chi connectivity index (χ4n) is 2.07. The summed E-state index contributed by atoms with van der Waals surface area (Å²) in [5.41, 5.74) is 0. The van der Waals surface area contributed by atoms with Crippen LogP contribution < -0.4 is 9.47 Å². The Kier molecular flexibility index (Phi) is 7.02. The summed E-state index contributed by atoms with van der Waals surface area (Å²) in [6, 6.07) is 0. The van der Waals surface area contributed by atoms with Gasteiger partial charge in [-0.2, -0.15) is 17.6 Å². The van der Waals surface area contributed by atoms with Gasteiger partial charge in [-0.3, -0.25) is 9.59 Å². The van der Waals surface area contributed by atoms with Crippen LogP contribution in [0.3, 0.4) is 0 Å². The number of rotatable bonds is 5. The van der Waals surface area contributed by atoms with Crippen molar-refractivity contribution in [3.05, 3.63) is 58.2 Å². The molecule has 0 saturated carbocycles. The smallest absolute Gasteiger partial charge is 0.326 e. The lowest BCUT2D eigenvalue weighted by molar-refractivity contribution is -0.151. The third kappa shape index (κ3) is 4.18. The second kappa shape index (κ2) is 9.16. The van der Waals surface area contributed by atoms with Crippen molar-refractivity contribution in [1.29, 1.82) is 0 Å². The van der Waals surface area contributed by atoms with Gasteiger partial charge in [0.25, 0.3) is 0 Å². The highest BCUT2D eigenvalue weighted by Crippen LogP contribution is 2.32. The van der Waals surface area contributed by atoms with Gasteiger partial charge in [-0.1, -0.05) is 0 Å². The molecule has 2 aromatic carbocycles. The molecule has 32 heavy (non-hydrogen) atoms. The van der Waals surface area contributed by atoms with E-state index in [0.717, 1.165) is 0 Å². The molecule has 14 heteroatoms. The maximum atomic E-state index is 13.6. The lowest BCUT2D eigenvalue weighted by Gasteiger charge is -2.15. The summed E-state index contributed by atoms with van der Waals surface area (Å²) < 4.78 is 141. The molecular weight excluding hydrogens is 470 g/mol. The Bertz CT molecular complexity index is 1030. The molecule has 0 aliphatic heterocycles. The maximum absolute atomic E-state index is 13.6. The molecular formula is C18H4F10O4. The van der Waals surface area contributed by atoms with E-state index in [1.165, 1.54) is 0 Å². The molecule has 0 unspecified atom stereocenters. The van der Waals surface area contributed by atoms with Crippen LogP contribution >= 0.6 is 0 Å². The van der Waals surface area contributed by atoms with E-state index in [0.29, 0.717) is 0 Å². The van der Waals surface area contributed by atoms with Gasteiger partial charge >= 0.3 is 11.9 Å². The maximum Gasteiger partial charge on any atom is 0.326 e. The predicted octanol–water partition coefficient (Wildman–Crippen LogP) is 4.23. The third-order valence-electron chi connectivity index (χ3n) is 3.64. The Balaban J connectivity index is 2.41. The van der Waals surface area contributed by atoms with E-state index >= 15 is 0 Å². The van der Waals surface area contributed by atoms with Crippen LogP contribution in [0, 0.1) is 76.4 Å². The zero-order valence-electron chi connectivity index (χ0n) is 14.8. The fourth-order valence-corrected chi connectivity index (χ4v) is 2.07. The molecule has 0 heterocycles. The average molecular weight is 474 g/mol. The summed E-state index contributed by atoms with van der Waals surface area (Å²) in [5.74, 6) is -35.3. The molecule has 170 valence electrons. The number of hydrogen-bond donors (Lipinski definition) is 0. The number of ether oxygens (including phenoxy) is 2. The first kappa shape index (κ1) is 24.5. The van der Waals surface area contributed by atoms with E-state index in [1.54, 1.807) is 5.92 Å². The first-order chi connectivity index (χ1) is 14.8. The molecule has 0 aliphatic rings. The van der Waals surface area contributed by atoms with Crippen molar-refractivity contribution in [3.63, 3.8) is 0 Å². The topological polar surface area (TPSA) is 52.6 Å². The average Bonchev–Trinajstić information content (AvgIpc) is 2.77. The molecule has 2 aromatic rings. The minimum atomic E-state index is -2.61. The van der Waals surface area contributed by atoms with Gasteiger partial charge in [0.2, 0.25) is 69.7 Å². The van der Waals surface area contributed by atoms with Crippen LogP contribution in [0.15, 0.2) is 0 Å². The molecule has 0 aliphatic carbocycles. The summed E-state index contributed by atoms with van der Waals surface area (Å²) >= 11 is 0. The van der Waals surface area contributed by atoms with Crippen LogP contribution in [-0.2, 0) is 9.59 Å². The fraction of sp³-hybridized carbons (Fsp3) is 0.111. The molecule has 0 aromatic heterocycles. The van der Waals surface area contributed by atoms with Gasteiger partial charge in [-0.05, 0) is 0 Å². The second-order valence-corrected chi connectivity index (χ2v) is 5.60. The minimum Gasteiger partial charge on any atom is -0.419 e. The van der Waals surface area contributed by atoms with Gasteiger partial charge in [-0.25, -0.2) is 26.3 Å². The Morgan fingerprint density at radius 3 is 1.09 bits per heavy atom. The predicted molar refractivity (Wildman–Crippen MR) is 80.7 cm³/mol. The first-order valence-electron chi connectivity index (χ1n) is 7.74. The van der Waals surface area contributed by atoms with Crippen LogP contribution in [0.2, 0.25) is 0 Å². The molecule has 0 N–H and O–H groups in total. The molecule has 0 fully saturated rings. The molecule has 0 radical (unpaired) electrons. The first-order valence-corrected chi connectivity index (χ1v) is 7.74. The number of halogens is 10. The summed E-state index contributed by atoms with van der Waals surface area (Å²) in [5, 5.41) is 0. The Hall–Kier alpha value is -3.76. The number of carbonyl (C=O) groups excluding carboxylic acids is 2. The van der Waals surface area contributed by atoms with Crippen LogP contribution in [0.1, 0.15) is 6.42 Å². The quantitative estimate of drug-likeness (QED) is 0.124. The van der Waals surface area contributed by atoms with E-state index < -0.39 is 93.9 Å². The number of hydrogen-bond acceptors (Lipinski definition) is 4. The van der Waals surface area contributed by atoms with Crippen LogP contribution in [0.4, 0.5) is 43.9 Å². The van der Waals surface area contributed by atoms with Gasteiger partial charge in [-0.15, -0.1) is 12.3 Å². The van der Waals surface area contributed by atoms with Crippen molar-refractivity contribution in [2.75, 3.05) is 0 Å². The van der Waals surface area contributed by atoms with Crippen molar-refractivity contribution < 1.29 is 63.0 Å².